The Morgan fingerprint density at radius 3 is 2.46 bits per heavy atom. The average molecular weight is 182 g/mol. The van der Waals surface area contributed by atoms with Crippen molar-refractivity contribution in [2.24, 2.45) is 11.7 Å². The Morgan fingerprint density at radius 2 is 2.00 bits per heavy atom. The van der Waals surface area contributed by atoms with E-state index in [1.807, 2.05) is 6.92 Å². The van der Waals surface area contributed by atoms with Crippen molar-refractivity contribution in [3.05, 3.63) is 11.4 Å². The van der Waals surface area contributed by atoms with Gasteiger partial charge in [-0.15, -0.1) is 0 Å². The number of nitrogens with two attached hydrogens (primary N) is 1. The molecular weight excluding hydrogens is 164 g/mol. The third-order valence-electron chi connectivity index (χ3n) is 2.17. The highest BCUT2D eigenvalue weighted by Crippen LogP contribution is 2.17. The van der Waals surface area contributed by atoms with E-state index in [4.69, 9.17) is 5.73 Å². The summed E-state index contributed by atoms with van der Waals surface area (Å²) in [6.45, 7) is 6.32. The minimum absolute atomic E-state index is 0.0288. The number of H-pyrrole nitrogens is 1. The first kappa shape index (κ1) is 10.2. The molecule has 0 saturated heterocycles. The Kier molecular flexibility index (Phi) is 3.42. The lowest BCUT2D eigenvalue weighted by molar-refractivity contribution is 0.500. The van der Waals surface area contributed by atoms with E-state index in [-0.39, 0.29) is 6.04 Å². The van der Waals surface area contributed by atoms with Gasteiger partial charge in [-0.25, -0.2) is 0 Å². The van der Waals surface area contributed by atoms with Crippen molar-refractivity contribution in [3.63, 3.8) is 0 Å². The van der Waals surface area contributed by atoms with Crippen molar-refractivity contribution in [2.45, 2.75) is 39.7 Å². The predicted octanol–water partition coefficient (Wildman–Crippen LogP) is 1.55. The second-order valence-electron chi connectivity index (χ2n) is 3.87. The zero-order valence-electron chi connectivity index (χ0n) is 8.54. The summed E-state index contributed by atoms with van der Waals surface area (Å²) in [5.74, 6) is 0.693. The zero-order valence-corrected chi connectivity index (χ0v) is 8.54. The third kappa shape index (κ3) is 2.81. The summed E-state index contributed by atoms with van der Waals surface area (Å²) in [6.07, 6.45) is 2.11. The first-order valence-corrected chi connectivity index (χ1v) is 4.74. The summed E-state index contributed by atoms with van der Waals surface area (Å²) in [5.41, 5.74) is 7.78. The predicted molar refractivity (Wildman–Crippen MR) is 52.1 cm³/mol. The molecule has 4 heteroatoms. The van der Waals surface area contributed by atoms with Gasteiger partial charge in [0, 0.05) is 0 Å². The van der Waals surface area contributed by atoms with Crippen LogP contribution in [0, 0.1) is 12.8 Å². The molecule has 0 radical (unpaired) electrons. The van der Waals surface area contributed by atoms with Crippen LogP contribution in [-0.2, 0) is 0 Å². The molecule has 0 bridgehead atoms. The molecular formula is C9H18N4. The van der Waals surface area contributed by atoms with Crippen LogP contribution in [0.1, 0.15) is 44.1 Å². The molecule has 0 fully saturated rings. The summed E-state index contributed by atoms with van der Waals surface area (Å²) in [5, 5.41) is 10.6. The Bertz CT molecular complexity index is 254. The molecule has 0 amide bonds. The van der Waals surface area contributed by atoms with Crippen molar-refractivity contribution < 1.29 is 0 Å². The molecule has 0 aliphatic heterocycles. The minimum atomic E-state index is 0.0288. The molecule has 13 heavy (non-hydrogen) atoms. The first-order valence-electron chi connectivity index (χ1n) is 4.74. The van der Waals surface area contributed by atoms with E-state index < -0.39 is 0 Å². The highest BCUT2D eigenvalue weighted by molar-refractivity contribution is 5.10. The molecule has 0 spiro atoms. The molecule has 4 nitrogen and oxygen atoms in total. The average Bonchev–Trinajstić information content (AvgIpc) is 2.47. The van der Waals surface area contributed by atoms with Gasteiger partial charge in [-0.05, 0) is 25.7 Å². The highest BCUT2D eigenvalue weighted by atomic mass is 15.3. The van der Waals surface area contributed by atoms with Crippen LogP contribution in [0.15, 0.2) is 0 Å². The van der Waals surface area contributed by atoms with Crippen LogP contribution in [0.3, 0.4) is 0 Å². The minimum Gasteiger partial charge on any atom is -0.323 e. The first-order chi connectivity index (χ1) is 6.11. The van der Waals surface area contributed by atoms with E-state index in [0.717, 1.165) is 24.2 Å². The fourth-order valence-corrected chi connectivity index (χ4v) is 1.29. The molecule has 1 rings (SSSR count). The zero-order chi connectivity index (χ0) is 9.84. The number of rotatable bonds is 4. The van der Waals surface area contributed by atoms with Crippen LogP contribution in [0.2, 0.25) is 0 Å². The molecule has 0 aromatic carbocycles. The van der Waals surface area contributed by atoms with Gasteiger partial charge in [0.25, 0.3) is 0 Å². The summed E-state index contributed by atoms with van der Waals surface area (Å²) >= 11 is 0. The normalized spacial score (nSPS) is 13.6. The van der Waals surface area contributed by atoms with Crippen LogP contribution >= 0.6 is 0 Å². The van der Waals surface area contributed by atoms with Crippen LogP contribution in [0.25, 0.3) is 0 Å². The van der Waals surface area contributed by atoms with E-state index >= 15 is 0 Å². The lowest BCUT2D eigenvalue weighted by Gasteiger charge is -2.10. The van der Waals surface area contributed by atoms with E-state index in [9.17, 15) is 0 Å². The number of aryl methyl sites for hydroxylation is 1. The number of nitrogens with one attached hydrogen (secondary N) is 1. The molecule has 3 N–H and O–H groups in total. The summed E-state index contributed by atoms with van der Waals surface area (Å²) in [7, 11) is 0. The van der Waals surface area contributed by atoms with Gasteiger partial charge >= 0.3 is 0 Å². The van der Waals surface area contributed by atoms with Gasteiger partial charge in [0.1, 0.15) is 5.69 Å². The molecule has 1 heterocycles. The van der Waals surface area contributed by atoms with Crippen molar-refractivity contribution in [1.29, 1.82) is 0 Å². The SMILES string of the molecule is Cc1n[nH]nc1C(N)CCC(C)C. The maximum Gasteiger partial charge on any atom is 0.102 e. The molecule has 1 atom stereocenters. The van der Waals surface area contributed by atoms with E-state index in [2.05, 4.69) is 29.3 Å². The van der Waals surface area contributed by atoms with Crippen LogP contribution in [0.4, 0.5) is 0 Å². The van der Waals surface area contributed by atoms with Gasteiger partial charge in [0.05, 0.1) is 11.7 Å². The highest BCUT2D eigenvalue weighted by Gasteiger charge is 2.12. The lowest BCUT2D eigenvalue weighted by atomic mass is 10.0. The quantitative estimate of drug-likeness (QED) is 0.742. The Balaban J connectivity index is 2.49. The van der Waals surface area contributed by atoms with E-state index in [1.54, 1.807) is 0 Å². The number of hydrogen-bond donors (Lipinski definition) is 2. The van der Waals surface area contributed by atoms with Crippen molar-refractivity contribution in [3.8, 4) is 0 Å². The number of aromatic nitrogens is 3. The molecule has 0 aliphatic carbocycles. The molecule has 0 aliphatic rings. The van der Waals surface area contributed by atoms with Crippen LogP contribution < -0.4 is 5.73 Å². The number of nitrogens with zero attached hydrogens (tertiary/aromatic N) is 2. The van der Waals surface area contributed by atoms with Gasteiger partial charge in [-0.3, -0.25) is 0 Å². The Morgan fingerprint density at radius 1 is 1.31 bits per heavy atom. The third-order valence-corrected chi connectivity index (χ3v) is 2.17. The number of aromatic amines is 1. The second kappa shape index (κ2) is 4.37. The maximum absolute atomic E-state index is 5.97. The fraction of sp³-hybridized carbons (Fsp3) is 0.778. The molecule has 1 unspecified atom stereocenters. The smallest absolute Gasteiger partial charge is 0.102 e. The Labute approximate surface area is 78.9 Å². The maximum atomic E-state index is 5.97. The van der Waals surface area contributed by atoms with Gasteiger partial charge in [0.15, 0.2) is 0 Å². The molecule has 1 aromatic heterocycles. The largest absolute Gasteiger partial charge is 0.323 e. The van der Waals surface area contributed by atoms with Gasteiger partial charge < -0.3 is 5.73 Å². The molecule has 74 valence electrons. The van der Waals surface area contributed by atoms with E-state index in [0.29, 0.717) is 5.92 Å². The standard InChI is InChI=1S/C9H18N4/c1-6(2)4-5-8(10)9-7(3)11-13-12-9/h6,8H,4-5,10H2,1-3H3,(H,11,12,13). The van der Waals surface area contributed by atoms with Gasteiger partial charge in [-0.2, -0.15) is 15.4 Å². The summed E-state index contributed by atoms with van der Waals surface area (Å²) < 4.78 is 0. The van der Waals surface area contributed by atoms with Crippen LogP contribution in [-0.4, -0.2) is 15.4 Å². The summed E-state index contributed by atoms with van der Waals surface area (Å²) in [4.78, 5) is 0. The van der Waals surface area contributed by atoms with Crippen molar-refractivity contribution >= 4 is 0 Å². The Hall–Kier alpha value is -0.900. The van der Waals surface area contributed by atoms with Gasteiger partial charge in [-0.1, -0.05) is 13.8 Å². The summed E-state index contributed by atoms with van der Waals surface area (Å²) in [6, 6.07) is 0.0288. The second-order valence-corrected chi connectivity index (χ2v) is 3.87. The van der Waals surface area contributed by atoms with Gasteiger partial charge in [0.2, 0.25) is 0 Å². The molecule has 1 aromatic rings. The monoisotopic (exact) mass is 182 g/mol. The van der Waals surface area contributed by atoms with Crippen molar-refractivity contribution in [2.75, 3.05) is 0 Å². The molecule has 0 saturated carbocycles. The van der Waals surface area contributed by atoms with Crippen LogP contribution in [0.5, 0.6) is 0 Å². The van der Waals surface area contributed by atoms with Crippen molar-refractivity contribution in [1.82, 2.24) is 15.4 Å². The lowest BCUT2D eigenvalue weighted by Crippen LogP contribution is -2.13. The van der Waals surface area contributed by atoms with E-state index in [1.165, 1.54) is 0 Å². The number of hydrogen-bond acceptors (Lipinski definition) is 3. The topological polar surface area (TPSA) is 67.6 Å². The fourth-order valence-electron chi connectivity index (χ4n) is 1.29.